The van der Waals surface area contributed by atoms with Crippen molar-refractivity contribution in [3.8, 4) is 12.3 Å². The fourth-order valence-electron chi connectivity index (χ4n) is 1.25. The van der Waals surface area contributed by atoms with E-state index in [1.807, 2.05) is 0 Å². The van der Waals surface area contributed by atoms with Gasteiger partial charge in [0.25, 0.3) is 0 Å². The van der Waals surface area contributed by atoms with E-state index in [1.165, 1.54) is 6.92 Å². The summed E-state index contributed by atoms with van der Waals surface area (Å²) in [5.74, 6) is 0.799. The number of aromatic carboxylic acids is 1. The summed E-state index contributed by atoms with van der Waals surface area (Å²) in [7, 11) is -4.05. The molecule has 0 bridgehead atoms. The van der Waals surface area contributed by atoms with Crippen molar-refractivity contribution in [1.82, 2.24) is 4.72 Å². The first-order chi connectivity index (χ1) is 8.69. The first kappa shape index (κ1) is 15.8. The third kappa shape index (κ3) is 3.61. The molecule has 0 aliphatic carbocycles. The Morgan fingerprint density at radius 1 is 1.47 bits per heavy atom. The molecule has 1 unspecified atom stereocenters. The number of carboxylic acids is 1. The lowest BCUT2D eigenvalue weighted by atomic mass is 10.2. The second-order valence-corrected chi connectivity index (χ2v) is 6.08. The Hall–Kier alpha value is -1.26. The molecule has 0 saturated carbocycles. The summed E-state index contributed by atoms with van der Waals surface area (Å²) in [6.45, 7) is 1.45. The Balaban J connectivity index is 3.44. The zero-order valence-electron chi connectivity index (χ0n) is 9.65. The Labute approximate surface area is 120 Å². The van der Waals surface area contributed by atoms with Gasteiger partial charge in [-0.25, -0.2) is 13.2 Å². The molecule has 0 radical (unpaired) electrons. The lowest BCUT2D eigenvalue weighted by Crippen LogP contribution is -2.31. The Kier molecular flexibility index (Phi) is 4.82. The Morgan fingerprint density at radius 3 is 2.53 bits per heavy atom. The summed E-state index contributed by atoms with van der Waals surface area (Å²) < 4.78 is 26.2. The van der Waals surface area contributed by atoms with Crippen LogP contribution in [-0.4, -0.2) is 25.5 Å². The van der Waals surface area contributed by atoms with Crippen LogP contribution in [0.4, 0.5) is 0 Å². The van der Waals surface area contributed by atoms with E-state index >= 15 is 0 Å². The summed E-state index contributed by atoms with van der Waals surface area (Å²) in [5, 5.41) is 8.44. The zero-order valence-corrected chi connectivity index (χ0v) is 12.0. The van der Waals surface area contributed by atoms with Gasteiger partial charge in [-0.3, -0.25) is 0 Å². The molecule has 0 aromatic heterocycles. The Bertz CT molecular complexity index is 664. The predicted octanol–water partition coefficient (Wildman–Crippen LogP) is 1.99. The monoisotopic (exact) mass is 321 g/mol. The highest BCUT2D eigenvalue weighted by atomic mass is 35.5. The van der Waals surface area contributed by atoms with Gasteiger partial charge in [0.15, 0.2) is 0 Å². The van der Waals surface area contributed by atoms with Crippen LogP contribution in [0, 0.1) is 12.3 Å². The number of carboxylic acid groups (broad SMARTS) is 1. The maximum atomic E-state index is 12.0. The molecule has 1 rings (SSSR count). The molecule has 0 amide bonds. The molecule has 1 atom stereocenters. The molecule has 0 fully saturated rings. The summed E-state index contributed by atoms with van der Waals surface area (Å²) >= 11 is 11.5. The van der Waals surface area contributed by atoms with Gasteiger partial charge < -0.3 is 5.11 Å². The second kappa shape index (κ2) is 5.80. The number of halogens is 2. The van der Waals surface area contributed by atoms with Crippen LogP contribution in [0.3, 0.4) is 0 Å². The third-order valence-electron chi connectivity index (χ3n) is 2.11. The number of hydrogen-bond donors (Lipinski definition) is 2. The molecular formula is C11H9Cl2NO4S. The maximum Gasteiger partial charge on any atom is 0.337 e. The average Bonchev–Trinajstić information content (AvgIpc) is 2.30. The van der Waals surface area contributed by atoms with Crippen molar-refractivity contribution in [3.63, 3.8) is 0 Å². The van der Waals surface area contributed by atoms with E-state index in [4.69, 9.17) is 34.7 Å². The molecule has 1 aromatic rings. The quantitative estimate of drug-likeness (QED) is 0.831. The molecule has 0 saturated heterocycles. The van der Waals surface area contributed by atoms with Crippen LogP contribution in [0.25, 0.3) is 0 Å². The van der Waals surface area contributed by atoms with Crippen LogP contribution in [0.5, 0.6) is 0 Å². The first-order valence-corrected chi connectivity index (χ1v) is 7.13. The van der Waals surface area contributed by atoms with Gasteiger partial charge in [0.05, 0.1) is 16.6 Å². The van der Waals surface area contributed by atoms with Gasteiger partial charge in [-0.2, -0.15) is 4.72 Å². The summed E-state index contributed by atoms with van der Waals surface area (Å²) in [5.41, 5.74) is -0.400. The highest BCUT2D eigenvalue weighted by Crippen LogP contribution is 2.29. The van der Waals surface area contributed by atoms with E-state index < -0.39 is 37.5 Å². The number of hydrogen-bond acceptors (Lipinski definition) is 3. The van der Waals surface area contributed by atoms with Gasteiger partial charge >= 0.3 is 5.97 Å². The van der Waals surface area contributed by atoms with Crippen molar-refractivity contribution in [2.24, 2.45) is 0 Å². The van der Waals surface area contributed by atoms with Crippen LogP contribution in [-0.2, 0) is 10.0 Å². The Morgan fingerprint density at radius 2 is 2.05 bits per heavy atom. The van der Waals surface area contributed by atoms with E-state index in [2.05, 4.69) is 10.6 Å². The van der Waals surface area contributed by atoms with Crippen LogP contribution in [0.2, 0.25) is 10.0 Å². The average molecular weight is 322 g/mol. The van der Waals surface area contributed by atoms with Crippen molar-refractivity contribution >= 4 is 39.2 Å². The van der Waals surface area contributed by atoms with Crippen molar-refractivity contribution in [3.05, 3.63) is 27.7 Å². The fraction of sp³-hybridized carbons (Fsp3) is 0.182. The molecule has 0 heterocycles. The molecular weight excluding hydrogens is 313 g/mol. The normalized spacial score (nSPS) is 12.7. The molecule has 102 valence electrons. The molecule has 2 N–H and O–H groups in total. The molecule has 19 heavy (non-hydrogen) atoms. The summed E-state index contributed by atoms with van der Waals surface area (Å²) in [6, 6.07) is 1.35. The fourth-order valence-corrected chi connectivity index (χ4v) is 3.31. The minimum absolute atomic E-state index is 0.0597. The minimum atomic E-state index is -4.05. The van der Waals surface area contributed by atoms with Gasteiger partial charge in [0.2, 0.25) is 10.0 Å². The molecule has 5 nitrogen and oxygen atoms in total. The predicted molar refractivity (Wildman–Crippen MR) is 72.0 cm³/mol. The lowest BCUT2D eigenvalue weighted by Gasteiger charge is -2.12. The largest absolute Gasteiger partial charge is 0.478 e. The number of nitrogens with one attached hydrogen (secondary N) is 1. The zero-order chi connectivity index (χ0) is 14.8. The number of sulfonamides is 1. The summed E-state index contributed by atoms with van der Waals surface area (Å²) in [4.78, 5) is 10.5. The number of carbonyl (C=O) groups is 1. The minimum Gasteiger partial charge on any atom is -0.478 e. The molecule has 0 aliphatic heterocycles. The van der Waals surface area contributed by atoms with Crippen LogP contribution < -0.4 is 4.72 Å². The van der Waals surface area contributed by atoms with Gasteiger partial charge in [-0.05, 0) is 19.1 Å². The van der Waals surface area contributed by atoms with Gasteiger partial charge in [-0.1, -0.05) is 29.1 Å². The van der Waals surface area contributed by atoms with Crippen molar-refractivity contribution in [1.29, 1.82) is 0 Å². The highest BCUT2D eigenvalue weighted by Gasteiger charge is 2.24. The van der Waals surface area contributed by atoms with E-state index in [1.54, 1.807) is 0 Å². The number of rotatable bonds is 4. The van der Waals surface area contributed by atoms with Crippen LogP contribution in [0.1, 0.15) is 17.3 Å². The molecule has 0 spiro atoms. The van der Waals surface area contributed by atoms with Crippen molar-refractivity contribution in [2.75, 3.05) is 0 Å². The van der Waals surface area contributed by atoms with E-state index in [0.29, 0.717) is 0 Å². The van der Waals surface area contributed by atoms with E-state index in [9.17, 15) is 13.2 Å². The SMILES string of the molecule is C#CC(C)NS(=O)(=O)c1cc(Cl)cc(C(=O)O)c1Cl. The second-order valence-electron chi connectivity index (χ2n) is 3.58. The van der Waals surface area contributed by atoms with Crippen molar-refractivity contribution in [2.45, 2.75) is 17.9 Å². The summed E-state index contributed by atoms with van der Waals surface area (Å²) in [6.07, 6.45) is 5.07. The van der Waals surface area contributed by atoms with E-state index in [-0.39, 0.29) is 5.02 Å². The molecule has 1 aromatic carbocycles. The lowest BCUT2D eigenvalue weighted by molar-refractivity contribution is 0.0697. The topological polar surface area (TPSA) is 83.5 Å². The van der Waals surface area contributed by atoms with Gasteiger partial charge in [0.1, 0.15) is 4.90 Å². The smallest absolute Gasteiger partial charge is 0.337 e. The number of benzene rings is 1. The maximum absolute atomic E-state index is 12.0. The third-order valence-corrected chi connectivity index (χ3v) is 4.41. The van der Waals surface area contributed by atoms with Crippen molar-refractivity contribution < 1.29 is 18.3 Å². The van der Waals surface area contributed by atoms with Gasteiger partial charge in [-0.15, -0.1) is 6.42 Å². The van der Waals surface area contributed by atoms with Crippen LogP contribution in [0.15, 0.2) is 17.0 Å². The first-order valence-electron chi connectivity index (χ1n) is 4.90. The molecule has 0 aliphatic rings. The van der Waals surface area contributed by atoms with Gasteiger partial charge in [0, 0.05) is 5.02 Å². The number of terminal acetylenes is 1. The molecule has 8 heteroatoms. The standard InChI is InChI=1S/C11H9Cl2NO4S/c1-3-6(2)14-19(17,18)9-5-7(12)4-8(10(9)13)11(15)16/h1,4-6,14H,2H3,(H,15,16). The van der Waals surface area contributed by atoms with E-state index in [0.717, 1.165) is 12.1 Å². The highest BCUT2D eigenvalue weighted by molar-refractivity contribution is 7.89. The van der Waals surface area contributed by atoms with Crippen LogP contribution >= 0.6 is 23.2 Å².